The minimum Gasteiger partial charge on any atom is -0.386 e. The van der Waals surface area contributed by atoms with Crippen LogP contribution in [-0.2, 0) is 9.47 Å². The zero-order valence-corrected chi connectivity index (χ0v) is 14.5. The molecule has 0 radical (unpaired) electrons. The normalized spacial score (nSPS) is 41.3. The second-order valence-electron chi connectivity index (χ2n) is 7.41. The van der Waals surface area contributed by atoms with Gasteiger partial charge in [0.1, 0.15) is 11.3 Å². The van der Waals surface area contributed by atoms with E-state index >= 15 is 0 Å². The third kappa shape index (κ3) is 1.62. The van der Waals surface area contributed by atoms with E-state index in [0.29, 0.717) is 12.5 Å². The van der Waals surface area contributed by atoms with E-state index in [1.54, 1.807) is 0 Å². The summed E-state index contributed by atoms with van der Waals surface area (Å²) in [6.07, 6.45) is -0.208. The van der Waals surface area contributed by atoms with Gasteiger partial charge in [0.05, 0.1) is 24.8 Å². The average molecular weight is 336 g/mol. The predicted octanol–water partition coefficient (Wildman–Crippen LogP) is 2.39. The van der Waals surface area contributed by atoms with Crippen LogP contribution in [-0.4, -0.2) is 24.5 Å². The molecule has 1 aromatic rings. The SMILES string of the molecule is CC1COC2(N=C(N)C3(C#N)C(c4ccc(C(C)C)cc4)C23C#N)O1. The molecule has 5 atom stereocenters. The molecule has 1 aromatic carbocycles. The van der Waals surface area contributed by atoms with E-state index in [1.807, 2.05) is 31.2 Å². The molecule has 2 aliphatic heterocycles. The van der Waals surface area contributed by atoms with Gasteiger partial charge in [-0.2, -0.15) is 10.5 Å². The van der Waals surface area contributed by atoms with Gasteiger partial charge in [0.2, 0.25) is 0 Å². The lowest BCUT2D eigenvalue weighted by atomic mass is 9.93. The summed E-state index contributed by atoms with van der Waals surface area (Å²) in [6, 6.07) is 12.6. The maximum Gasteiger partial charge on any atom is 0.293 e. The highest BCUT2D eigenvalue weighted by molar-refractivity contribution is 6.00. The molecule has 4 rings (SSSR count). The van der Waals surface area contributed by atoms with Crippen LogP contribution in [0.3, 0.4) is 0 Å². The second-order valence-corrected chi connectivity index (χ2v) is 7.41. The number of aliphatic imine (C=N–C) groups is 1. The van der Waals surface area contributed by atoms with Gasteiger partial charge in [-0.15, -0.1) is 0 Å². The van der Waals surface area contributed by atoms with Gasteiger partial charge < -0.3 is 15.2 Å². The number of hydrogen-bond donors (Lipinski definition) is 1. The van der Waals surface area contributed by atoms with E-state index in [9.17, 15) is 10.5 Å². The van der Waals surface area contributed by atoms with Crippen molar-refractivity contribution >= 4 is 5.84 Å². The van der Waals surface area contributed by atoms with Crippen molar-refractivity contribution in [2.45, 2.75) is 44.6 Å². The van der Waals surface area contributed by atoms with Crippen LogP contribution < -0.4 is 5.73 Å². The lowest BCUT2D eigenvalue weighted by Gasteiger charge is -2.26. The highest BCUT2D eigenvalue weighted by Crippen LogP contribution is 2.82. The minimum absolute atomic E-state index is 0.128. The molecular formula is C19H20N4O2. The Kier molecular flexibility index (Phi) is 3.10. The highest BCUT2D eigenvalue weighted by atomic mass is 16.8. The standard InChI is InChI=1S/C19H20N4O2/c1-11(2)13-4-6-14(7-5-13)15-17(9-20)16(22)23-19(18(15,17)10-21)24-8-12(3)25-19/h4-7,11-12,15H,8H2,1-3H3,(H2,22,23). The maximum absolute atomic E-state index is 10.1. The van der Waals surface area contributed by atoms with Crippen molar-refractivity contribution in [1.29, 1.82) is 10.5 Å². The quantitative estimate of drug-likeness (QED) is 0.893. The van der Waals surface area contributed by atoms with Crippen LogP contribution in [0, 0.1) is 33.5 Å². The third-order valence-electron chi connectivity index (χ3n) is 5.74. The van der Waals surface area contributed by atoms with Gasteiger partial charge in [0.25, 0.3) is 5.91 Å². The highest BCUT2D eigenvalue weighted by Gasteiger charge is 2.94. The number of hydrogen-bond acceptors (Lipinski definition) is 6. The fraction of sp³-hybridized carbons (Fsp3) is 0.526. The first-order chi connectivity index (χ1) is 11.9. The number of nitriles is 2. The van der Waals surface area contributed by atoms with Gasteiger partial charge in [-0.1, -0.05) is 38.1 Å². The van der Waals surface area contributed by atoms with Crippen LogP contribution in [0.2, 0.25) is 0 Å². The molecule has 2 fully saturated rings. The van der Waals surface area contributed by atoms with Gasteiger partial charge in [-0.3, -0.25) is 0 Å². The topological polar surface area (TPSA) is 104 Å². The molecule has 6 heteroatoms. The minimum atomic E-state index is -1.48. The first kappa shape index (κ1) is 16.1. The molecule has 1 saturated heterocycles. The monoisotopic (exact) mass is 336 g/mol. The Labute approximate surface area is 146 Å². The second kappa shape index (κ2) is 4.82. The van der Waals surface area contributed by atoms with Crippen molar-refractivity contribution in [1.82, 2.24) is 0 Å². The molecule has 1 aliphatic carbocycles. The van der Waals surface area contributed by atoms with Crippen LogP contribution in [0.4, 0.5) is 0 Å². The average Bonchev–Trinajstić information content (AvgIpc) is 2.99. The van der Waals surface area contributed by atoms with Crippen molar-refractivity contribution in [3.8, 4) is 12.1 Å². The lowest BCUT2D eigenvalue weighted by Crippen LogP contribution is -2.39. The van der Waals surface area contributed by atoms with Crippen molar-refractivity contribution in [3.05, 3.63) is 35.4 Å². The fourth-order valence-corrected chi connectivity index (χ4v) is 4.43. The molecule has 25 heavy (non-hydrogen) atoms. The number of nitrogens with two attached hydrogens (primary N) is 1. The Hall–Kier alpha value is -2.41. The molecule has 6 nitrogen and oxygen atoms in total. The zero-order valence-electron chi connectivity index (χ0n) is 14.5. The Balaban J connectivity index is 1.84. The van der Waals surface area contributed by atoms with Crippen molar-refractivity contribution in [3.63, 3.8) is 0 Å². The molecule has 128 valence electrons. The van der Waals surface area contributed by atoms with Gasteiger partial charge in [-0.05, 0) is 24.0 Å². The first-order valence-corrected chi connectivity index (χ1v) is 8.48. The van der Waals surface area contributed by atoms with Gasteiger partial charge >= 0.3 is 0 Å². The summed E-state index contributed by atoms with van der Waals surface area (Å²) in [5, 5.41) is 20.0. The summed E-state index contributed by atoms with van der Waals surface area (Å²) in [6.45, 7) is 6.42. The number of ether oxygens (including phenoxy) is 2. The molecule has 5 unspecified atom stereocenters. The number of amidine groups is 1. The molecule has 0 aromatic heterocycles. The van der Waals surface area contributed by atoms with E-state index in [-0.39, 0.29) is 11.9 Å². The predicted molar refractivity (Wildman–Crippen MR) is 90.2 cm³/mol. The number of benzene rings is 1. The van der Waals surface area contributed by atoms with Crippen LogP contribution >= 0.6 is 0 Å². The Bertz CT molecular complexity index is 850. The van der Waals surface area contributed by atoms with Crippen molar-refractivity contribution < 1.29 is 9.47 Å². The molecule has 0 amide bonds. The van der Waals surface area contributed by atoms with Gasteiger partial charge in [0.15, 0.2) is 5.41 Å². The number of rotatable bonds is 2. The number of nitrogens with zero attached hydrogens (tertiary/aromatic N) is 3. The molecular weight excluding hydrogens is 316 g/mol. The zero-order chi connectivity index (χ0) is 18.0. The van der Waals surface area contributed by atoms with E-state index in [2.05, 4.69) is 31.0 Å². The smallest absolute Gasteiger partial charge is 0.293 e. The Morgan fingerprint density at radius 3 is 2.40 bits per heavy atom. The summed E-state index contributed by atoms with van der Waals surface area (Å²) in [5.41, 5.74) is 5.78. The molecule has 3 aliphatic rings. The maximum atomic E-state index is 10.1. The van der Waals surface area contributed by atoms with E-state index in [4.69, 9.17) is 15.2 Å². The van der Waals surface area contributed by atoms with Crippen LogP contribution in [0.25, 0.3) is 0 Å². The summed E-state index contributed by atoms with van der Waals surface area (Å²) < 4.78 is 11.7. The molecule has 2 heterocycles. The summed E-state index contributed by atoms with van der Waals surface area (Å²) in [7, 11) is 0. The molecule has 0 bridgehead atoms. The summed E-state index contributed by atoms with van der Waals surface area (Å²) in [5.74, 6) is -1.37. The lowest BCUT2D eigenvalue weighted by molar-refractivity contribution is -0.193. The van der Waals surface area contributed by atoms with Gasteiger partial charge in [0, 0.05) is 5.92 Å². The Morgan fingerprint density at radius 2 is 1.92 bits per heavy atom. The van der Waals surface area contributed by atoms with Crippen molar-refractivity contribution in [2.24, 2.45) is 21.6 Å². The largest absolute Gasteiger partial charge is 0.386 e. The summed E-state index contributed by atoms with van der Waals surface area (Å²) in [4.78, 5) is 4.31. The van der Waals surface area contributed by atoms with Crippen LogP contribution in [0.15, 0.2) is 29.3 Å². The van der Waals surface area contributed by atoms with Crippen LogP contribution in [0.1, 0.15) is 43.7 Å². The van der Waals surface area contributed by atoms with E-state index in [1.165, 1.54) is 5.56 Å². The summed E-state index contributed by atoms with van der Waals surface area (Å²) >= 11 is 0. The van der Waals surface area contributed by atoms with E-state index in [0.717, 1.165) is 5.56 Å². The van der Waals surface area contributed by atoms with Gasteiger partial charge in [-0.25, -0.2) is 4.99 Å². The molecule has 1 saturated carbocycles. The molecule has 1 spiro atoms. The number of fused-ring (bicyclic) bond motifs is 2. The molecule has 2 N–H and O–H groups in total. The van der Waals surface area contributed by atoms with Crippen molar-refractivity contribution in [2.75, 3.05) is 6.61 Å². The van der Waals surface area contributed by atoms with E-state index < -0.39 is 22.7 Å². The first-order valence-electron chi connectivity index (χ1n) is 8.48. The Morgan fingerprint density at radius 1 is 1.24 bits per heavy atom. The third-order valence-corrected chi connectivity index (χ3v) is 5.74. The van der Waals surface area contributed by atoms with Crippen LogP contribution in [0.5, 0.6) is 0 Å². The fourth-order valence-electron chi connectivity index (χ4n) is 4.43.